The van der Waals surface area contributed by atoms with E-state index in [-0.39, 0.29) is 0 Å². The number of ether oxygens (including phenoxy) is 1. The molecule has 0 heterocycles. The van der Waals surface area contributed by atoms with Crippen LogP contribution in [-0.2, 0) is 11.3 Å². The van der Waals surface area contributed by atoms with E-state index in [2.05, 4.69) is 0 Å². The van der Waals surface area contributed by atoms with Gasteiger partial charge in [-0.05, 0) is 17.7 Å². The maximum atomic E-state index is 11.8. The van der Waals surface area contributed by atoms with E-state index in [4.69, 9.17) is 10.5 Å². The van der Waals surface area contributed by atoms with E-state index in [9.17, 15) is 18.0 Å². The predicted molar refractivity (Wildman–Crippen MR) is 58.9 cm³/mol. The van der Waals surface area contributed by atoms with Crippen LogP contribution in [0.5, 0.6) is 5.75 Å². The van der Waals surface area contributed by atoms with Crippen molar-refractivity contribution in [2.75, 3.05) is 13.2 Å². The van der Waals surface area contributed by atoms with E-state index in [0.29, 0.717) is 12.3 Å². The first-order chi connectivity index (χ1) is 8.40. The Bertz CT molecular complexity index is 408. The summed E-state index contributed by atoms with van der Waals surface area (Å²) in [6.07, 6.45) is -4.42. The van der Waals surface area contributed by atoms with Gasteiger partial charge in [-0.15, -0.1) is 0 Å². The molecular formula is C11H13F3N2O2. The lowest BCUT2D eigenvalue weighted by Gasteiger charge is -2.09. The van der Waals surface area contributed by atoms with Gasteiger partial charge in [-0.25, -0.2) is 0 Å². The standard InChI is InChI=1S/C11H13F3N2O2/c12-11(13,14)7-16-10(17)6-18-9-3-1-2-8(4-9)5-15/h1-4H,5-7,15H2,(H,16,17). The minimum Gasteiger partial charge on any atom is -0.484 e. The van der Waals surface area contributed by atoms with Gasteiger partial charge in [0.25, 0.3) is 5.91 Å². The molecule has 0 aliphatic rings. The van der Waals surface area contributed by atoms with Crippen molar-refractivity contribution in [1.29, 1.82) is 0 Å². The summed E-state index contributed by atoms with van der Waals surface area (Å²) >= 11 is 0. The van der Waals surface area contributed by atoms with E-state index in [0.717, 1.165) is 5.56 Å². The number of halogens is 3. The summed E-state index contributed by atoms with van der Waals surface area (Å²) in [7, 11) is 0. The molecule has 1 aromatic rings. The van der Waals surface area contributed by atoms with Crippen molar-refractivity contribution in [3.8, 4) is 5.75 Å². The number of carbonyl (C=O) groups excluding carboxylic acids is 1. The highest BCUT2D eigenvalue weighted by Gasteiger charge is 2.27. The van der Waals surface area contributed by atoms with Crippen LogP contribution in [0.1, 0.15) is 5.56 Å². The number of alkyl halides is 3. The Kier molecular flexibility index (Phi) is 4.96. The van der Waals surface area contributed by atoms with E-state index in [1.54, 1.807) is 29.6 Å². The van der Waals surface area contributed by atoms with Gasteiger partial charge in [0, 0.05) is 6.54 Å². The fraction of sp³-hybridized carbons (Fsp3) is 0.364. The molecule has 0 aromatic heterocycles. The lowest BCUT2D eigenvalue weighted by molar-refractivity contribution is -0.139. The third-order valence-corrected chi connectivity index (χ3v) is 1.99. The van der Waals surface area contributed by atoms with E-state index < -0.39 is 25.2 Å². The Balaban J connectivity index is 2.38. The lowest BCUT2D eigenvalue weighted by atomic mass is 10.2. The maximum absolute atomic E-state index is 11.8. The molecule has 4 nitrogen and oxygen atoms in total. The molecule has 0 unspecified atom stereocenters. The number of benzene rings is 1. The van der Waals surface area contributed by atoms with E-state index >= 15 is 0 Å². The van der Waals surface area contributed by atoms with Gasteiger partial charge in [-0.3, -0.25) is 4.79 Å². The van der Waals surface area contributed by atoms with Gasteiger partial charge < -0.3 is 15.8 Å². The smallest absolute Gasteiger partial charge is 0.405 e. The zero-order valence-corrected chi connectivity index (χ0v) is 9.46. The first-order valence-corrected chi connectivity index (χ1v) is 5.16. The van der Waals surface area contributed by atoms with Crippen LogP contribution in [0, 0.1) is 0 Å². The molecule has 3 N–H and O–H groups in total. The lowest BCUT2D eigenvalue weighted by Crippen LogP contribution is -2.36. The molecule has 0 aliphatic heterocycles. The molecule has 0 saturated heterocycles. The second-order valence-electron chi connectivity index (χ2n) is 3.53. The number of nitrogens with one attached hydrogen (secondary N) is 1. The minimum absolute atomic E-state index is 0.317. The predicted octanol–water partition coefficient (Wildman–Crippen LogP) is 1.20. The molecule has 0 bridgehead atoms. The summed E-state index contributed by atoms with van der Waals surface area (Å²) in [5, 5.41) is 1.71. The van der Waals surface area contributed by atoms with Crippen molar-refractivity contribution in [2.45, 2.75) is 12.7 Å². The Morgan fingerprint density at radius 3 is 2.72 bits per heavy atom. The van der Waals surface area contributed by atoms with Gasteiger partial charge in [-0.1, -0.05) is 12.1 Å². The Hall–Kier alpha value is -1.76. The molecule has 1 rings (SSSR count). The summed E-state index contributed by atoms with van der Waals surface area (Å²) in [4.78, 5) is 11.1. The summed E-state index contributed by atoms with van der Waals surface area (Å²) in [6.45, 7) is -1.51. The monoisotopic (exact) mass is 262 g/mol. The van der Waals surface area contributed by atoms with Crippen molar-refractivity contribution < 1.29 is 22.7 Å². The van der Waals surface area contributed by atoms with Crippen LogP contribution in [0.3, 0.4) is 0 Å². The summed E-state index contributed by atoms with van der Waals surface area (Å²) in [5.41, 5.74) is 6.22. The molecule has 0 saturated carbocycles. The molecule has 0 radical (unpaired) electrons. The Morgan fingerprint density at radius 2 is 2.11 bits per heavy atom. The Labute approximate surface area is 102 Å². The molecule has 100 valence electrons. The molecule has 18 heavy (non-hydrogen) atoms. The molecule has 0 spiro atoms. The van der Waals surface area contributed by atoms with Crippen LogP contribution in [0.2, 0.25) is 0 Å². The van der Waals surface area contributed by atoms with Gasteiger partial charge >= 0.3 is 6.18 Å². The fourth-order valence-corrected chi connectivity index (χ4v) is 1.16. The zero-order chi connectivity index (χ0) is 13.6. The number of rotatable bonds is 5. The topological polar surface area (TPSA) is 64.3 Å². The molecule has 7 heteroatoms. The molecule has 1 amide bonds. The molecule has 1 aromatic carbocycles. The number of carbonyl (C=O) groups is 1. The largest absolute Gasteiger partial charge is 0.484 e. The summed E-state index contributed by atoms with van der Waals surface area (Å²) in [5.74, 6) is -0.439. The second-order valence-corrected chi connectivity index (χ2v) is 3.53. The fourth-order valence-electron chi connectivity index (χ4n) is 1.16. The third-order valence-electron chi connectivity index (χ3n) is 1.99. The van der Waals surface area contributed by atoms with Gasteiger partial charge in [-0.2, -0.15) is 13.2 Å². The van der Waals surface area contributed by atoms with Crippen molar-refractivity contribution in [3.05, 3.63) is 29.8 Å². The normalized spacial score (nSPS) is 11.1. The molecular weight excluding hydrogens is 249 g/mol. The third kappa shape index (κ3) is 5.53. The van der Waals surface area contributed by atoms with Crippen LogP contribution < -0.4 is 15.8 Å². The van der Waals surface area contributed by atoms with Crippen LogP contribution in [0.25, 0.3) is 0 Å². The molecule has 0 atom stereocenters. The SMILES string of the molecule is NCc1cccc(OCC(=O)NCC(F)(F)F)c1. The second kappa shape index (κ2) is 6.25. The van der Waals surface area contributed by atoms with Gasteiger partial charge in [0.1, 0.15) is 12.3 Å². The van der Waals surface area contributed by atoms with Crippen molar-refractivity contribution in [2.24, 2.45) is 5.73 Å². The quantitative estimate of drug-likeness (QED) is 0.838. The molecule has 0 fully saturated rings. The van der Waals surface area contributed by atoms with E-state index in [1.807, 2.05) is 0 Å². The molecule has 0 aliphatic carbocycles. The Morgan fingerprint density at radius 1 is 1.39 bits per heavy atom. The number of hydrogen-bond donors (Lipinski definition) is 2. The number of nitrogens with two attached hydrogens (primary N) is 1. The number of hydrogen-bond acceptors (Lipinski definition) is 3. The summed E-state index contributed by atoms with van der Waals surface area (Å²) < 4.78 is 40.5. The minimum atomic E-state index is -4.42. The van der Waals surface area contributed by atoms with Gasteiger partial charge in [0.05, 0.1) is 0 Å². The van der Waals surface area contributed by atoms with Gasteiger partial charge in [0.15, 0.2) is 6.61 Å². The number of amides is 1. The summed E-state index contributed by atoms with van der Waals surface area (Å²) in [6, 6.07) is 6.68. The van der Waals surface area contributed by atoms with Gasteiger partial charge in [0.2, 0.25) is 0 Å². The van der Waals surface area contributed by atoms with Crippen molar-refractivity contribution in [3.63, 3.8) is 0 Å². The van der Waals surface area contributed by atoms with Crippen LogP contribution in [-0.4, -0.2) is 25.2 Å². The maximum Gasteiger partial charge on any atom is 0.405 e. The highest BCUT2D eigenvalue weighted by molar-refractivity contribution is 5.77. The first kappa shape index (κ1) is 14.3. The highest BCUT2D eigenvalue weighted by Crippen LogP contribution is 2.13. The van der Waals surface area contributed by atoms with Crippen LogP contribution >= 0.6 is 0 Å². The van der Waals surface area contributed by atoms with Crippen molar-refractivity contribution in [1.82, 2.24) is 5.32 Å². The van der Waals surface area contributed by atoms with Crippen molar-refractivity contribution >= 4 is 5.91 Å². The van der Waals surface area contributed by atoms with Crippen LogP contribution in [0.15, 0.2) is 24.3 Å². The van der Waals surface area contributed by atoms with E-state index in [1.165, 1.54) is 0 Å². The average molecular weight is 262 g/mol. The van der Waals surface area contributed by atoms with Crippen LogP contribution in [0.4, 0.5) is 13.2 Å². The first-order valence-electron chi connectivity index (χ1n) is 5.16. The average Bonchev–Trinajstić information content (AvgIpc) is 2.33. The zero-order valence-electron chi connectivity index (χ0n) is 9.46. The highest BCUT2D eigenvalue weighted by atomic mass is 19.4.